The molecule has 0 fully saturated rings. The van der Waals surface area contributed by atoms with Gasteiger partial charge < -0.3 is 0 Å². The molecular weight excluding hydrogens is 510 g/mol. The van der Waals surface area contributed by atoms with E-state index in [2.05, 4.69) is 106 Å². The zero-order valence-corrected chi connectivity index (χ0v) is 22.9. The first-order chi connectivity index (χ1) is 20.8. The molecule has 3 nitrogen and oxygen atoms in total. The molecule has 0 unspecified atom stereocenters. The third-order valence-electron chi connectivity index (χ3n) is 7.49. The van der Waals surface area contributed by atoms with Crippen LogP contribution in [-0.2, 0) is 0 Å². The smallest absolute Gasteiger partial charge is 0.0708 e. The summed E-state index contributed by atoms with van der Waals surface area (Å²) in [5, 5.41) is 11.1. The van der Waals surface area contributed by atoms with E-state index in [1.54, 1.807) is 0 Å². The number of para-hydroxylation sites is 3. The maximum atomic E-state index is 4.41. The fourth-order valence-electron chi connectivity index (χ4n) is 5.42. The van der Waals surface area contributed by atoms with E-state index in [-0.39, 0.29) is 0 Å². The molecule has 0 amide bonds. The van der Waals surface area contributed by atoms with Gasteiger partial charge >= 0.3 is 0 Å². The van der Waals surface area contributed by atoms with Gasteiger partial charge in [-0.3, -0.25) is 15.0 Å². The summed E-state index contributed by atoms with van der Waals surface area (Å²) in [7, 11) is 0. The van der Waals surface area contributed by atoms with Crippen molar-refractivity contribution in [3.05, 3.63) is 164 Å². The predicted molar refractivity (Wildman–Crippen MR) is 178 cm³/mol. The molecule has 0 bridgehead atoms. The van der Waals surface area contributed by atoms with Gasteiger partial charge in [0.2, 0.25) is 0 Å². The van der Waals surface area contributed by atoms with E-state index in [0.717, 1.165) is 16.6 Å². The van der Waals surface area contributed by atoms with E-state index in [9.17, 15) is 0 Å². The monoisotopic (exact) mass is 537 g/mol. The Bertz CT molecular complexity index is 1900. The van der Waals surface area contributed by atoms with Crippen molar-refractivity contribution in [3.63, 3.8) is 0 Å². The molecule has 198 valence electrons. The molecule has 0 spiro atoms. The van der Waals surface area contributed by atoms with E-state index < -0.39 is 0 Å². The molecule has 3 aromatic heterocycles. The highest BCUT2D eigenvalue weighted by Gasteiger charge is 2.00. The second-order valence-corrected chi connectivity index (χ2v) is 10.1. The van der Waals surface area contributed by atoms with Crippen LogP contribution in [0.15, 0.2) is 164 Å². The Morgan fingerprint density at radius 1 is 0.238 bits per heavy atom. The van der Waals surface area contributed by atoms with Crippen molar-refractivity contribution in [2.75, 3.05) is 0 Å². The minimum Gasteiger partial charge on any atom is -0.256 e. The van der Waals surface area contributed by atoms with Crippen molar-refractivity contribution in [2.45, 2.75) is 0 Å². The van der Waals surface area contributed by atoms with Gasteiger partial charge in [-0.05, 0) is 34.4 Å². The molecule has 0 saturated carbocycles. The van der Waals surface area contributed by atoms with Gasteiger partial charge in [0.1, 0.15) is 0 Å². The van der Waals surface area contributed by atoms with Crippen molar-refractivity contribution < 1.29 is 0 Å². The average molecular weight is 538 g/mol. The molecule has 9 aromatic rings. The SMILES string of the molecule is c1ccc2c(c1)cnc1ccccc12.c1ccc2c(c1)cnc1ccccc12.c1ccc2c(c1)cnc1ccccc12. The number of aromatic nitrogens is 3. The van der Waals surface area contributed by atoms with E-state index in [4.69, 9.17) is 0 Å². The molecule has 9 rings (SSSR count). The zero-order valence-electron chi connectivity index (χ0n) is 22.9. The highest BCUT2D eigenvalue weighted by molar-refractivity contribution is 6.06. The first-order valence-electron chi connectivity index (χ1n) is 14.0. The number of benzene rings is 6. The first-order valence-corrected chi connectivity index (χ1v) is 14.0. The highest BCUT2D eigenvalue weighted by atomic mass is 14.7. The molecule has 0 aliphatic heterocycles. The Hall–Kier alpha value is -5.67. The topological polar surface area (TPSA) is 38.7 Å². The van der Waals surface area contributed by atoms with Gasteiger partial charge in [-0.25, -0.2) is 0 Å². The molecule has 0 atom stereocenters. The fourth-order valence-corrected chi connectivity index (χ4v) is 5.42. The number of hydrogen-bond acceptors (Lipinski definition) is 3. The number of rotatable bonds is 0. The Morgan fingerprint density at radius 2 is 0.476 bits per heavy atom. The zero-order chi connectivity index (χ0) is 28.1. The van der Waals surface area contributed by atoms with Crippen LogP contribution < -0.4 is 0 Å². The molecule has 3 heteroatoms. The first kappa shape index (κ1) is 25.3. The standard InChI is InChI=1S/3C13H9N/c3*1-2-6-11-10(5-1)9-14-13-8-4-3-7-12(11)13/h3*1-9H. The summed E-state index contributed by atoms with van der Waals surface area (Å²) in [5.74, 6) is 0. The molecule has 0 radical (unpaired) electrons. The summed E-state index contributed by atoms with van der Waals surface area (Å²) in [6.07, 6.45) is 5.78. The van der Waals surface area contributed by atoms with Gasteiger partial charge in [-0.15, -0.1) is 0 Å². The van der Waals surface area contributed by atoms with Crippen LogP contribution in [-0.4, -0.2) is 15.0 Å². The van der Waals surface area contributed by atoms with Crippen LogP contribution in [0.1, 0.15) is 0 Å². The molecule has 0 N–H and O–H groups in total. The average Bonchev–Trinajstić information content (AvgIpc) is 3.09. The summed E-state index contributed by atoms with van der Waals surface area (Å²) in [5.41, 5.74) is 3.18. The van der Waals surface area contributed by atoms with Gasteiger partial charge in [0.15, 0.2) is 0 Å². The Morgan fingerprint density at radius 3 is 0.786 bits per heavy atom. The van der Waals surface area contributed by atoms with Crippen molar-refractivity contribution in [1.82, 2.24) is 15.0 Å². The Balaban J connectivity index is 0.000000103. The Kier molecular flexibility index (Phi) is 6.89. The van der Waals surface area contributed by atoms with Crippen LogP contribution in [0.25, 0.3) is 65.0 Å². The maximum Gasteiger partial charge on any atom is 0.0708 e. The van der Waals surface area contributed by atoms with Gasteiger partial charge in [0.05, 0.1) is 16.6 Å². The Labute approximate surface area is 243 Å². The van der Waals surface area contributed by atoms with Crippen LogP contribution >= 0.6 is 0 Å². The van der Waals surface area contributed by atoms with E-state index in [1.165, 1.54) is 48.5 Å². The predicted octanol–water partition coefficient (Wildman–Crippen LogP) is 10.2. The van der Waals surface area contributed by atoms with Gasteiger partial charge in [-0.1, -0.05) is 127 Å². The van der Waals surface area contributed by atoms with Crippen LogP contribution in [0.3, 0.4) is 0 Å². The highest BCUT2D eigenvalue weighted by Crippen LogP contribution is 2.24. The number of nitrogens with zero attached hydrogens (tertiary/aromatic N) is 3. The van der Waals surface area contributed by atoms with E-state index in [0.29, 0.717) is 0 Å². The second kappa shape index (κ2) is 11.4. The minimum atomic E-state index is 1.06. The van der Waals surface area contributed by atoms with Crippen LogP contribution in [0.5, 0.6) is 0 Å². The molecule has 0 aliphatic rings. The quantitative estimate of drug-likeness (QED) is 0.181. The number of fused-ring (bicyclic) bond motifs is 9. The minimum absolute atomic E-state index is 1.06. The normalized spacial score (nSPS) is 10.9. The lowest BCUT2D eigenvalue weighted by Crippen LogP contribution is -1.80. The van der Waals surface area contributed by atoms with Crippen molar-refractivity contribution in [3.8, 4) is 0 Å². The van der Waals surface area contributed by atoms with Gasteiger partial charge in [-0.2, -0.15) is 0 Å². The molecule has 6 aromatic carbocycles. The lowest BCUT2D eigenvalue weighted by Gasteiger charge is -2.01. The number of pyridine rings is 3. The number of hydrogen-bond donors (Lipinski definition) is 0. The van der Waals surface area contributed by atoms with Crippen LogP contribution in [0.2, 0.25) is 0 Å². The molecule has 42 heavy (non-hydrogen) atoms. The summed E-state index contributed by atoms with van der Waals surface area (Å²) in [4.78, 5) is 13.2. The summed E-state index contributed by atoms with van der Waals surface area (Å²) in [6.45, 7) is 0. The van der Waals surface area contributed by atoms with Gasteiger partial charge in [0.25, 0.3) is 0 Å². The molecule has 0 saturated heterocycles. The van der Waals surface area contributed by atoms with E-state index in [1.807, 2.05) is 73.2 Å². The van der Waals surface area contributed by atoms with Crippen molar-refractivity contribution >= 4 is 65.0 Å². The summed E-state index contributed by atoms with van der Waals surface area (Å²) in [6, 6.07) is 49.7. The lowest BCUT2D eigenvalue weighted by molar-refractivity contribution is 1.44. The maximum absolute atomic E-state index is 4.41. The summed E-state index contributed by atoms with van der Waals surface area (Å²) >= 11 is 0. The van der Waals surface area contributed by atoms with Crippen molar-refractivity contribution in [2.24, 2.45) is 0 Å². The largest absolute Gasteiger partial charge is 0.256 e. The molecule has 3 heterocycles. The molecule has 0 aliphatic carbocycles. The lowest BCUT2D eigenvalue weighted by atomic mass is 10.1. The fraction of sp³-hybridized carbons (Fsp3) is 0. The van der Waals surface area contributed by atoms with Crippen LogP contribution in [0.4, 0.5) is 0 Å². The van der Waals surface area contributed by atoms with E-state index >= 15 is 0 Å². The van der Waals surface area contributed by atoms with Crippen molar-refractivity contribution in [1.29, 1.82) is 0 Å². The molecular formula is C39H27N3. The van der Waals surface area contributed by atoms with Crippen LogP contribution in [0, 0.1) is 0 Å². The summed E-state index contributed by atoms with van der Waals surface area (Å²) < 4.78 is 0. The third kappa shape index (κ3) is 5.00. The third-order valence-corrected chi connectivity index (χ3v) is 7.49. The van der Waals surface area contributed by atoms with Gasteiger partial charge in [0, 0.05) is 50.9 Å². The second-order valence-electron chi connectivity index (χ2n) is 10.1.